The van der Waals surface area contributed by atoms with E-state index in [0.29, 0.717) is 17.8 Å². The van der Waals surface area contributed by atoms with Crippen LogP contribution < -0.4 is 5.32 Å². The predicted molar refractivity (Wildman–Crippen MR) is 96.6 cm³/mol. The van der Waals surface area contributed by atoms with Crippen LogP contribution in [0.15, 0.2) is 40.7 Å². The summed E-state index contributed by atoms with van der Waals surface area (Å²) in [5.74, 6) is -3.60. The highest BCUT2D eigenvalue weighted by molar-refractivity contribution is 6.04. The molecular formula is C21H23F2NO3. The maximum atomic E-state index is 14.7. The molecule has 0 unspecified atom stereocenters. The van der Waals surface area contributed by atoms with Gasteiger partial charge in [-0.3, -0.25) is 4.79 Å². The number of benzene rings is 1. The molecule has 144 valence electrons. The van der Waals surface area contributed by atoms with Crippen molar-refractivity contribution in [1.82, 2.24) is 5.32 Å². The molecule has 1 aliphatic heterocycles. The first-order valence-electron chi connectivity index (χ1n) is 9.01. The smallest absolute Gasteiger partial charge is 0.336 e. The van der Waals surface area contributed by atoms with Crippen LogP contribution in [0.2, 0.25) is 0 Å². The van der Waals surface area contributed by atoms with Gasteiger partial charge in [-0.1, -0.05) is 19.9 Å². The molecule has 0 amide bonds. The molecular weight excluding hydrogens is 352 g/mol. The number of hydrogen-bond acceptors (Lipinski definition) is 4. The van der Waals surface area contributed by atoms with E-state index in [1.807, 2.05) is 13.8 Å². The van der Waals surface area contributed by atoms with Gasteiger partial charge in [0, 0.05) is 29.0 Å². The molecule has 4 nitrogen and oxygen atoms in total. The standard InChI is InChI=1S/C21H23F2NO3/c1-5-27-20(26)16-11(2)24-14-9-21(3,4)10-15(25)18(14)19(16)17-12(22)7-6-8-13(17)23/h6-8,19,24H,5,9-10H2,1-4H3/t19-/m1/s1. The number of hydrogen-bond donors (Lipinski definition) is 1. The molecule has 0 saturated heterocycles. The van der Waals surface area contributed by atoms with Gasteiger partial charge in [0.2, 0.25) is 0 Å². The number of allylic oxidation sites excluding steroid dienone is 3. The Morgan fingerprint density at radius 2 is 1.89 bits per heavy atom. The molecule has 1 N–H and O–H groups in total. The zero-order valence-electron chi connectivity index (χ0n) is 15.9. The lowest BCUT2D eigenvalue weighted by molar-refractivity contribution is -0.138. The maximum absolute atomic E-state index is 14.7. The number of ketones is 1. The Bertz CT molecular complexity index is 863. The van der Waals surface area contributed by atoms with Gasteiger partial charge in [0.05, 0.1) is 18.1 Å². The Kier molecular flexibility index (Phi) is 4.93. The van der Waals surface area contributed by atoms with E-state index in [0.717, 1.165) is 12.1 Å². The first-order chi connectivity index (χ1) is 12.7. The predicted octanol–water partition coefficient (Wildman–Crippen LogP) is 4.13. The quantitative estimate of drug-likeness (QED) is 0.807. The van der Waals surface area contributed by atoms with Gasteiger partial charge in [-0.2, -0.15) is 0 Å². The Morgan fingerprint density at radius 1 is 1.26 bits per heavy atom. The minimum atomic E-state index is -1.12. The van der Waals surface area contributed by atoms with Crippen molar-refractivity contribution in [2.75, 3.05) is 6.61 Å². The van der Waals surface area contributed by atoms with Crippen LogP contribution in [0.4, 0.5) is 8.78 Å². The third kappa shape index (κ3) is 3.40. The fourth-order valence-corrected chi connectivity index (χ4v) is 3.99. The first-order valence-corrected chi connectivity index (χ1v) is 9.01. The van der Waals surface area contributed by atoms with Crippen molar-refractivity contribution in [2.24, 2.45) is 5.41 Å². The summed E-state index contributed by atoms with van der Waals surface area (Å²) in [7, 11) is 0. The summed E-state index contributed by atoms with van der Waals surface area (Å²) in [6.45, 7) is 7.37. The van der Waals surface area contributed by atoms with Gasteiger partial charge in [0.15, 0.2) is 5.78 Å². The molecule has 0 spiro atoms. The number of nitrogens with one attached hydrogen (secondary N) is 1. The van der Waals surface area contributed by atoms with E-state index >= 15 is 0 Å². The molecule has 3 rings (SSSR count). The van der Waals surface area contributed by atoms with Crippen LogP contribution in [0.3, 0.4) is 0 Å². The third-order valence-electron chi connectivity index (χ3n) is 5.02. The van der Waals surface area contributed by atoms with Crippen LogP contribution in [0.25, 0.3) is 0 Å². The average molecular weight is 375 g/mol. The fraction of sp³-hybridized carbons (Fsp3) is 0.429. The van der Waals surface area contributed by atoms with E-state index in [9.17, 15) is 18.4 Å². The Morgan fingerprint density at radius 3 is 2.48 bits per heavy atom. The van der Waals surface area contributed by atoms with Crippen molar-refractivity contribution in [3.05, 3.63) is 57.9 Å². The van der Waals surface area contributed by atoms with Gasteiger partial charge >= 0.3 is 5.97 Å². The van der Waals surface area contributed by atoms with Crippen LogP contribution in [0.1, 0.15) is 52.0 Å². The fourth-order valence-electron chi connectivity index (χ4n) is 3.99. The monoisotopic (exact) mass is 375 g/mol. The van der Waals surface area contributed by atoms with Gasteiger partial charge in [-0.25, -0.2) is 13.6 Å². The summed E-state index contributed by atoms with van der Waals surface area (Å²) in [5, 5.41) is 3.13. The van der Waals surface area contributed by atoms with Crippen molar-refractivity contribution in [2.45, 2.75) is 46.5 Å². The lowest BCUT2D eigenvalue weighted by Gasteiger charge is -2.39. The van der Waals surface area contributed by atoms with Crippen LogP contribution in [-0.4, -0.2) is 18.4 Å². The summed E-state index contributed by atoms with van der Waals surface area (Å²) < 4.78 is 34.4. The topological polar surface area (TPSA) is 55.4 Å². The van der Waals surface area contributed by atoms with Crippen LogP contribution in [-0.2, 0) is 14.3 Å². The molecule has 1 heterocycles. The number of carbonyl (C=O) groups is 2. The van der Waals surface area contributed by atoms with Crippen molar-refractivity contribution in [3.63, 3.8) is 0 Å². The van der Waals surface area contributed by atoms with Gasteiger partial charge in [0.1, 0.15) is 11.6 Å². The number of ether oxygens (including phenoxy) is 1. The lowest BCUT2D eigenvalue weighted by atomic mass is 9.68. The van der Waals surface area contributed by atoms with E-state index in [-0.39, 0.29) is 40.9 Å². The zero-order chi connectivity index (χ0) is 19.9. The third-order valence-corrected chi connectivity index (χ3v) is 5.02. The van der Waals surface area contributed by atoms with Gasteiger partial charge in [0.25, 0.3) is 0 Å². The molecule has 1 aromatic carbocycles. The largest absolute Gasteiger partial charge is 0.463 e. The minimum absolute atomic E-state index is 0.0765. The van der Waals surface area contributed by atoms with Crippen LogP contribution >= 0.6 is 0 Å². The average Bonchev–Trinajstić information content (AvgIpc) is 2.52. The second-order valence-corrected chi connectivity index (χ2v) is 7.79. The molecule has 2 aliphatic rings. The first kappa shape index (κ1) is 19.3. The van der Waals surface area contributed by atoms with E-state index in [2.05, 4.69) is 5.32 Å². The molecule has 1 aromatic rings. The summed E-state index contributed by atoms with van der Waals surface area (Å²) >= 11 is 0. The normalized spacial score (nSPS) is 21.7. The summed E-state index contributed by atoms with van der Waals surface area (Å²) in [6.07, 6.45) is 0.795. The number of esters is 1. The molecule has 0 radical (unpaired) electrons. The second-order valence-electron chi connectivity index (χ2n) is 7.79. The van der Waals surface area contributed by atoms with Crippen molar-refractivity contribution >= 4 is 11.8 Å². The van der Waals surface area contributed by atoms with Crippen molar-refractivity contribution in [3.8, 4) is 0 Å². The zero-order valence-corrected chi connectivity index (χ0v) is 15.9. The second kappa shape index (κ2) is 6.91. The number of carbonyl (C=O) groups excluding carboxylic acids is 2. The van der Waals surface area contributed by atoms with E-state index in [1.54, 1.807) is 13.8 Å². The summed E-state index contributed by atoms with van der Waals surface area (Å²) in [5.41, 5.74) is 0.838. The highest BCUT2D eigenvalue weighted by Crippen LogP contribution is 2.47. The van der Waals surface area contributed by atoms with Gasteiger partial charge in [-0.05, 0) is 37.8 Å². The van der Waals surface area contributed by atoms with Crippen molar-refractivity contribution in [1.29, 1.82) is 0 Å². The van der Waals surface area contributed by atoms with Gasteiger partial charge < -0.3 is 10.1 Å². The van der Waals surface area contributed by atoms with Crippen LogP contribution in [0.5, 0.6) is 0 Å². The molecule has 27 heavy (non-hydrogen) atoms. The molecule has 6 heteroatoms. The summed E-state index contributed by atoms with van der Waals surface area (Å²) in [6, 6.07) is 3.53. The molecule has 0 saturated carbocycles. The Balaban J connectivity index is 2.26. The Hall–Kier alpha value is -2.50. The molecule has 0 bridgehead atoms. The van der Waals surface area contributed by atoms with E-state index in [4.69, 9.17) is 4.74 Å². The Labute approximate surface area is 157 Å². The molecule has 0 aromatic heterocycles. The maximum Gasteiger partial charge on any atom is 0.336 e. The number of Topliss-reactive ketones (excluding diaryl/α,β-unsaturated/α-hetero) is 1. The molecule has 1 atom stereocenters. The van der Waals surface area contributed by atoms with E-state index < -0.39 is 23.5 Å². The van der Waals surface area contributed by atoms with Gasteiger partial charge in [-0.15, -0.1) is 0 Å². The number of halogens is 2. The van der Waals surface area contributed by atoms with Crippen LogP contribution in [0, 0.1) is 17.0 Å². The summed E-state index contributed by atoms with van der Waals surface area (Å²) in [4.78, 5) is 25.6. The van der Waals surface area contributed by atoms with Crippen molar-refractivity contribution < 1.29 is 23.1 Å². The highest BCUT2D eigenvalue weighted by Gasteiger charge is 2.44. The SMILES string of the molecule is CCOC(=O)C1=C(C)NC2=C(C(=O)CC(C)(C)C2)[C@H]1c1c(F)cccc1F. The minimum Gasteiger partial charge on any atom is -0.463 e. The lowest BCUT2D eigenvalue weighted by Crippen LogP contribution is -2.39. The molecule has 1 aliphatic carbocycles. The molecule has 0 fully saturated rings. The number of dihydropyridines is 1. The highest BCUT2D eigenvalue weighted by atomic mass is 19.1. The van der Waals surface area contributed by atoms with E-state index in [1.165, 1.54) is 6.07 Å². The number of rotatable bonds is 3.